The van der Waals surface area contributed by atoms with Crippen LogP contribution >= 0.6 is 34.8 Å². The second-order valence-electron chi connectivity index (χ2n) is 9.85. The molecule has 2 aromatic heterocycles. The Morgan fingerprint density at radius 3 is 1.86 bits per heavy atom. The van der Waals surface area contributed by atoms with Crippen LogP contribution in [0.1, 0.15) is 57.3 Å². The Labute approximate surface area is 264 Å². The summed E-state index contributed by atoms with van der Waals surface area (Å²) in [5, 5.41) is 19.7. The minimum Gasteiger partial charge on any atom is -0.364 e. The zero-order chi connectivity index (χ0) is 30.9. The Hall–Kier alpha value is -3.79. The van der Waals surface area contributed by atoms with Gasteiger partial charge in [-0.05, 0) is 84.0 Å². The third-order valence-electron chi connectivity index (χ3n) is 7.21. The van der Waals surface area contributed by atoms with Gasteiger partial charge in [0.25, 0.3) is 0 Å². The third-order valence-corrected chi connectivity index (χ3v) is 8.05. The number of aryl methyl sites for hydroxylation is 2. The first-order valence-corrected chi connectivity index (χ1v) is 14.7. The summed E-state index contributed by atoms with van der Waals surface area (Å²) >= 11 is 16.5. The zero-order valence-corrected chi connectivity index (χ0v) is 25.3. The van der Waals surface area contributed by atoms with Crippen molar-refractivity contribution in [3.63, 3.8) is 0 Å². The second kappa shape index (κ2) is 15.1. The fourth-order valence-corrected chi connectivity index (χ4v) is 5.67. The number of nitrogens with two attached hydrogens (primary N) is 1. The molecule has 0 unspecified atom stereocenters. The number of aromatic nitrogens is 2. The molecule has 0 atom stereocenters. The van der Waals surface area contributed by atoms with E-state index in [9.17, 15) is 8.78 Å². The van der Waals surface area contributed by atoms with E-state index in [1.165, 1.54) is 53.5 Å². The van der Waals surface area contributed by atoms with E-state index in [-0.39, 0.29) is 32.4 Å². The van der Waals surface area contributed by atoms with Crippen LogP contribution in [0.25, 0.3) is 0 Å². The van der Waals surface area contributed by atoms with E-state index in [2.05, 4.69) is 39.6 Å². The first kappa shape index (κ1) is 32.1. The first-order chi connectivity index (χ1) is 20.7. The van der Waals surface area contributed by atoms with Crippen molar-refractivity contribution >= 4 is 40.6 Å². The van der Waals surface area contributed by atoms with Crippen LogP contribution in [0.4, 0.5) is 14.6 Å². The number of nitrogens with zero attached hydrogens (tertiary/aromatic N) is 4. The predicted octanol–water partition coefficient (Wildman–Crippen LogP) is 7.88. The largest absolute Gasteiger partial charge is 0.364 e. The monoisotopic (exact) mass is 638 g/mol. The van der Waals surface area contributed by atoms with Crippen LogP contribution in [0.15, 0.2) is 48.5 Å². The Balaban J connectivity index is 0.000000162. The number of rotatable bonds is 4. The molecular weight excluding hydrogens is 613 g/mol. The fraction of sp³-hybridized carbons (Fsp3) is 0.250. The quantitative estimate of drug-likeness (QED) is 0.220. The summed E-state index contributed by atoms with van der Waals surface area (Å²) in [5.74, 6) is -1.23. The zero-order valence-electron chi connectivity index (χ0n) is 23.0. The maximum absolute atomic E-state index is 13.9. The van der Waals surface area contributed by atoms with Crippen LogP contribution in [-0.4, -0.2) is 9.97 Å². The number of pyridine rings is 2. The topological polar surface area (TPSA) is 111 Å². The predicted molar refractivity (Wildman–Crippen MR) is 165 cm³/mol. The van der Waals surface area contributed by atoms with Gasteiger partial charge in [0.15, 0.2) is 22.6 Å². The molecule has 2 heterocycles. The summed E-state index contributed by atoms with van der Waals surface area (Å²) in [6.45, 7) is 1.19. The summed E-state index contributed by atoms with van der Waals surface area (Å²) in [6, 6.07) is 18.2. The van der Waals surface area contributed by atoms with E-state index in [1.807, 2.05) is 18.2 Å². The van der Waals surface area contributed by atoms with Crippen LogP contribution in [0.5, 0.6) is 0 Å². The van der Waals surface area contributed by atoms with Gasteiger partial charge in [0.05, 0.1) is 11.1 Å². The summed E-state index contributed by atoms with van der Waals surface area (Å²) in [6.07, 6.45) is 7.15. The number of nitriles is 2. The summed E-state index contributed by atoms with van der Waals surface area (Å²) < 4.78 is 26.4. The van der Waals surface area contributed by atoms with E-state index in [0.717, 1.165) is 30.5 Å². The smallest absolute Gasteiger partial charge is 0.166 e. The average Bonchev–Trinajstić information content (AvgIpc) is 3.70. The highest BCUT2D eigenvalue weighted by atomic mass is 35.5. The van der Waals surface area contributed by atoms with Crippen molar-refractivity contribution in [2.75, 3.05) is 5.32 Å². The Bertz CT molecular complexity index is 1720. The molecule has 0 spiro atoms. The SMILES string of the molecule is N#Cc1cc(F)c(Cl)nc1Cl.N#Cc1cc(F)c(NCc2cccc3c2CCC3)nc1Cl.NCc1cccc2c1CCC2. The lowest BCUT2D eigenvalue weighted by atomic mass is 10.0. The van der Waals surface area contributed by atoms with Gasteiger partial charge >= 0.3 is 0 Å². The minimum atomic E-state index is -0.743. The summed E-state index contributed by atoms with van der Waals surface area (Å²) in [4.78, 5) is 7.29. The first-order valence-electron chi connectivity index (χ1n) is 13.6. The molecule has 43 heavy (non-hydrogen) atoms. The molecule has 0 aliphatic heterocycles. The molecule has 3 N–H and O–H groups in total. The molecule has 0 bridgehead atoms. The molecule has 0 saturated carbocycles. The summed E-state index contributed by atoms with van der Waals surface area (Å²) in [7, 11) is 0. The van der Waals surface area contributed by atoms with Crippen LogP contribution in [0.2, 0.25) is 15.5 Å². The van der Waals surface area contributed by atoms with E-state index >= 15 is 0 Å². The molecule has 6 nitrogen and oxygen atoms in total. The number of fused-ring (bicyclic) bond motifs is 2. The number of benzene rings is 2. The van der Waals surface area contributed by atoms with Gasteiger partial charge in [-0.25, -0.2) is 18.7 Å². The summed E-state index contributed by atoms with van der Waals surface area (Å²) in [5.41, 5.74) is 13.9. The van der Waals surface area contributed by atoms with Gasteiger partial charge in [0.1, 0.15) is 22.4 Å². The van der Waals surface area contributed by atoms with Gasteiger partial charge in [-0.3, -0.25) is 0 Å². The van der Waals surface area contributed by atoms with Crippen molar-refractivity contribution in [2.24, 2.45) is 5.73 Å². The number of hydrogen-bond acceptors (Lipinski definition) is 6. The van der Waals surface area contributed by atoms with Gasteiger partial charge in [-0.15, -0.1) is 0 Å². The molecular formula is C32H27Cl3F2N6. The molecule has 4 aromatic rings. The van der Waals surface area contributed by atoms with Crippen LogP contribution in [0.3, 0.4) is 0 Å². The number of anilines is 1. The van der Waals surface area contributed by atoms with Gasteiger partial charge in [-0.2, -0.15) is 10.5 Å². The van der Waals surface area contributed by atoms with Crippen molar-refractivity contribution in [1.29, 1.82) is 10.5 Å². The van der Waals surface area contributed by atoms with E-state index in [0.29, 0.717) is 13.1 Å². The third kappa shape index (κ3) is 7.98. The Morgan fingerprint density at radius 1 is 0.744 bits per heavy atom. The van der Waals surface area contributed by atoms with Gasteiger partial charge < -0.3 is 11.1 Å². The number of halogens is 5. The lowest BCUT2D eigenvalue weighted by Crippen LogP contribution is -2.06. The van der Waals surface area contributed by atoms with Crippen LogP contribution < -0.4 is 11.1 Å². The molecule has 2 aliphatic carbocycles. The Kier molecular flexibility index (Phi) is 11.3. The maximum Gasteiger partial charge on any atom is 0.166 e. The van der Waals surface area contributed by atoms with Gasteiger partial charge in [0.2, 0.25) is 0 Å². The number of nitrogens with one attached hydrogen (secondary N) is 1. The standard InChI is InChI=1S/C16H13ClFN3.C10H13N.C6HCl2FN2/c17-15-12(8-19)7-14(18)16(21-15)20-9-11-5-1-3-10-4-2-6-13(10)11;11-7-9-5-1-3-8-4-2-6-10(8)9;7-5-3(2-10)1-4(9)6(8)11-5/h1,3,5,7H,2,4,6,9H2,(H,20,21);1,3,5H,2,4,6-7,11H2;1H. The van der Waals surface area contributed by atoms with E-state index in [4.69, 9.17) is 51.1 Å². The molecule has 6 rings (SSSR count). The molecule has 0 radical (unpaired) electrons. The van der Waals surface area contributed by atoms with E-state index in [1.54, 1.807) is 6.07 Å². The highest BCUT2D eigenvalue weighted by molar-refractivity contribution is 6.33. The molecule has 0 saturated heterocycles. The van der Waals surface area contributed by atoms with Crippen molar-refractivity contribution in [1.82, 2.24) is 9.97 Å². The molecule has 2 aromatic carbocycles. The molecule has 0 fully saturated rings. The van der Waals surface area contributed by atoms with E-state index < -0.39 is 11.6 Å². The van der Waals surface area contributed by atoms with Crippen molar-refractivity contribution in [3.05, 3.63) is 120 Å². The highest BCUT2D eigenvalue weighted by Gasteiger charge is 2.16. The molecule has 220 valence electrons. The van der Waals surface area contributed by atoms with Gasteiger partial charge in [-0.1, -0.05) is 71.2 Å². The molecule has 0 amide bonds. The Morgan fingerprint density at radius 2 is 1.28 bits per heavy atom. The van der Waals surface area contributed by atoms with Crippen LogP contribution in [-0.2, 0) is 38.8 Å². The lowest BCUT2D eigenvalue weighted by molar-refractivity contribution is 0.621. The van der Waals surface area contributed by atoms with Crippen molar-refractivity contribution < 1.29 is 8.78 Å². The number of hydrogen-bond donors (Lipinski definition) is 2. The average molecular weight is 640 g/mol. The van der Waals surface area contributed by atoms with Crippen molar-refractivity contribution in [3.8, 4) is 12.1 Å². The fourth-order valence-electron chi connectivity index (χ4n) is 5.13. The molecule has 2 aliphatic rings. The van der Waals surface area contributed by atoms with Gasteiger partial charge in [0, 0.05) is 13.1 Å². The maximum atomic E-state index is 13.9. The normalized spacial score (nSPS) is 12.5. The minimum absolute atomic E-state index is 0.0136. The van der Waals surface area contributed by atoms with Crippen molar-refractivity contribution in [2.45, 2.75) is 51.6 Å². The lowest BCUT2D eigenvalue weighted by Gasteiger charge is -2.11. The highest BCUT2D eigenvalue weighted by Crippen LogP contribution is 2.27. The van der Waals surface area contributed by atoms with Crippen LogP contribution in [0, 0.1) is 34.3 Å². The second-order valence-corrected chi connectivity index (χ2v) is 10.9. The molecule has 11 heteroatoms.